The molecule has 0 spiro atoms. The van der Waals surface area contributed by atoms with E-state index in [9.17, 15) is 0 Å². The smallest absolute Gasteiger partial charge is 0.0717 e. The zero-order valence-corrected chi connectivity index (χ0v) is 8.53. The van der Waals surface area contributed by atoms with Gasteiger partial charge in [0.1, 0.15) is 0 Å². The minimum absolute atomic E-state index is 0.625. The van der Waals surface area contributed by atoms with E-state index in [-0.39, 0.29) is 0 Å². The van der Waals surface area contributed by atoms with Crippen molar-refractivity contribution in [3.8, 4) is 0 Å². The summed E-state index contributed by atoms with van der Waals surface area (Å²) >= 11 is 0. The standard InChI is InChI=1S/C12H16O2/c1-10-3-2-4-11(5-10)6-13-7-12-8-14-9-12/h2-5,12H,6-9H2,1H3. The van der Waals surface area contributed by atoms with Gasteiger partial charge in [-0.25, -0.2) is 0 Å². The molecule has 1 aliphatic heterocycles. The molecule has 0 amide bonds. The Balaban J connectivity index is 1.74. The molecular formula is C12H16O2. The molecule has 0 saturated carbocycles. The van der Waals surface area contributed by atoms with Crippen LogP contribution >= 0.6 is 0 Å². The maximum atomic E-state index is 5.60. The largest absolute Gasteiger partial charge is 0.381 e. The van der Waals surface area contributed by atoms with E-state index in [1.54, 1.807) is 0 Å². The van der Waals surface area contributed by atoms with Gasteiger partial charge in [0.05, 0.1) is 26.4 Å². The summed E-state index contributed by atoms with van der Waals surface area (Å²) < 4.78 is 10.7. The van der Waals surface area contributed by atoms with Crippen molar-refractivity contribution in [2.45, 2.75) is 13.5 Å². The molecular weight excluding hydrogens is 176 g/mol. The minimum atomic E-state index is 0.625. The minimum Gasteiger partial charge on any atom is -0.381 e. The molecule has 1 aromatic carbocycles. The normalized spacial score (nSPS) is 16.6. The van der Waals surface area contributed by atoms with Crippen LogP contribution in [0.25, 0.3) is 0 Å². The van der Waals surface area contributed by atoms with Gasteiger partial charge in [-0.15, -0.1) is 0 Å². The molecule has 76 valence electrons. The first-order chi connectivity index (χ1) is 6.84. The fraction of sp³-hybridized carbons (Fsp3) is 0.500. The summed E-state index contributed by atoms with van der Waals surface area (Å²) in [6.07, 6.45) is 0. The lowest BCUT2D eigenvalue weighted by Crippen LogP contribution is -2.31. The average Bonchev–Trinajstić information content (AvgIpc) is 2.09. The highest BCUT2D eigenvalue weighted by Crippen LogP contribution is 2.11. The summed E-state index contributed by atoms with van der Waals surface area (Å²) in [5.41, 5.74) is 2.54. The van der Waals surface area contributed by atoms with Crippen LogP contribution < -0.4 is 0 Å². The SMILES string of the molecule is Cc1cccc(COCC2COC2)c1. The van der Waals surface area contributed by atoms with E-state index < -0.39 is 0 Å². The Kier molecular flexibility index (Phi) is 3.17. The Hall–Kier alpha value is -0.860. The van der Waals surface area contributed by atoms with E-state index >= 15 is 0 Å². The van der Waals surface area contributed by atoms with E-state index in [4.69, 9.17) is 9.47 Å². The van der Waals surface area contributed by atoms with Crippen molar-refractivity contribution < 1.29 is 9.47 Å². The van der Waals surface area contributed by atoms with Crippen LogP contribution in [0.2, 0.25) is 0 Å². The van der Waals surface area contributed by atoms with Crippen LogP contribution in [-0.4, -0.2) is 19.8 Å². The second-order valence-electron chi connectivity index (χ2n) is 3.91. The van der Waals surface area contributed by atoms with E-state index in [0.29, 0.717) is 5.92 Å². The third-order valence-electron chi connectivity index (χ3n) is 2.41. The monoisotopic (exact) mass is 192 g/mol. The molecule has 2 heteroatoms. The molecule has 0 radical (unpaired) electrons. The van der Waals surface area contributed by atoms with Gasteiger partial charge in [0.25, 0.3) is 0 Å². The van der Waals surface area contributed by atoms with Crippen LogP contribution in [0.4, 0.5) is 0 Å². The number of benzene rings is 1. The molecule has 14 heavy (non-hydrogen) atoms. The molecule has 0 aliphatic carbocycles. The molecule has 1 fully saturated rings. The summed E-state index contributed by atoms with van der Waals surface area (Å²) in [4.78, 5) is 0. The summed E-state index contributed by atoms with van der Waals surface area (Å²) in [6, 6.07) is 8.44. The Morgan fingerprint density at radius 2 is 2.29 bits per heavy atom. The van der Waals surface area contributed by atoms with Crippen molar-refractivity contribution in [2.24, 2.45) is 5.92 Å². The molecule has 1 aromatic rings. The average molecular weight is 192 g/mol. The topological polar surface area (TPSA) is 18.5 Å². The predicted molar refractivity (Wildman–Crippen MR) is 55.1 cm³/mol. The second kappa shape index (κ2) is 4.58. The molecule has 0 aromatic heterocycles. The van der Waals surface area contributed by atoms with Crippen molar-refractivity contribution in [3.05, 3.63) is 35.4 Å². The van der Waals surface area contributed by atoms with Gasteiger partial charge in [-0.3, -0.25) is 0 Å². The van der Waals surface area contributed by atoms with Crippen molar-refractivity contribution in [3.63, 3.8) is 0 Å². The van der Waals surface area contributed by atoms with Crippen molar-refractivity contribution >= 4 is 0 Å². The number of ether oxygens (including phenoxy) is 2. The van der Waals surface area contributed by atoms with Crippen LogP contribution in [0.15, 0.2) is 24.3 Å². The number of hydrogen-bond donors (Lipinski definition) is 0. The molecule has 1 aliphatic rings. The van der Waals surface area contributed by atoms with Crippen molar-refractivity contribution in [1.82, 2.24) is 0 Å². The van der Waals surface area contributed by atoms with Gasteiger partial charge >= 0.3 is 0 Å². The maximum absolute atomic E-state index is 5.60. The summed E-state index contributed by atoms with van der Waals surface area (Å²) in [7, 11) is 0. The van der Waals surface area contributed by atoms with Crippen molar-refractivity contribution in [2.75, 3.05) is 19.8 Å². The fourth-order valence-electron chi connectivity index (χ4n) is 1.53. The first-order valence-corrected chi connectivity index (χ1v) is 5.05. The van der Waals surface area contributed by atoms with Gasteiger partial charge in [0.15, 0.2) is 0 Å². The molecule has 1 saturated heterocycles. The van der Waals surface area contributed by atoms with E-state index in [2.05, 4.69) is 31.2 Å². The first-order valence-electron chi connectivity index (χ1n) is 5.05. The summed E-state index contributed by atoms with van der Waals surface area (Å²) in [5.74, 6) is 0.625. The van der Waals surface area contributed by atoms with Gasteiger partial charge in [-0.2, -0.15) is 0 Å². The summed E-state index contributed by atoms with van der Waals surface area (Å²) in [5, 5.41) is 0. The van der Waals surface area contributed by atoms with Crippen LogP contribution in [0.1, 0.15) is 11.1 Å². The first kappa shape index (κ1) is 9.69. The van der Waals surface area contributed by atoms with Gasteiger partial charge < -0.3 is 9.47 Å². The molecule has 0 bridgehead atoms. The van der Waals surface area contributed by atoms with E-state index in [0.717, 1.165) is 26.4 Å². The van der Waals surface area contributed by atoms with Crippen LogP contribution in [0.5, 0.6) is 0 Å². The zero-order chi connectivity index (χ0) is 9.80. The van der Waals surface area contributed by atoms with Gasteiger partial charge in [-0.1, -0.05) is 29.8 Å². The van der Waals surface area contributed by atoms with Crippen LogP contribution in [-0.2, 0) is 16.1 Å². The number of aryl methyl sites for hydroxylation is 1. The number of rotatable bonds is 4. The van der Waals surface area contributed by atoms with Gasteiger partial charge in [-0.05, 0) is 12.5 Å². The molecule has 0 atom stereocenters. The Bertz CT molecular complexity index is 292. The van der Waals surface area contributed by atoms with Gasteiger partial charge in [0, 0.05) is 5.92 Å². The maximum Gasteiger partial charge on any atom is 0.0717 e. The Morgan fingerprint density at radius 1 is 1.43 bits per heavy atom. The highest BCUT2D eigenvalue weighted by Gasteiger charge is 2.17. The Labute approximate surface area is 84.8 Å². The third kappa shape index (κ3) is 2.56. The lowest BCUT2D eigenvalue weighted by atomic mass is 10.1. The molecule has 0 unspecified atom stereocenters. The lowest BCUT2D eigenvalue weighted by molar-refractivity contribution is -0.0745. The highest BCUT2D eigenvalue weighted by atomic mass is 16.5. The zero-order valence-electron chi connectivity index (χ0n) is 8.53. The lowest BCUT2D eigenvalue weighted by Gasteiger charge is -2.25. The molecule has 0 N–H and O–H groups in total. The third-order valence-corrected chi connectivity index (χ3v) is 2.41. The second-order valence-corrected chi connectivity index (χ2v) is 3.91. The Morgan fingerprint density at radius 3 is 2.93 bits per heavy atom. The molecule has 1 heterocycles. The molecule has 2 rings (SSSR count). The molecule has 2 nitrogen and oxygen atoms in total. The predicted octanol–water partition coefficient (Wildman–Crippen LogP) is 2.16. The van der Waals surface area contributed by atoms with Crippen molar-refractivity contribution in [1.29, 1.82) is 0 Å². The van der Waals surface area contributed by atoms with Crippen LogP contribution in [0.3, 0.4) is 0 Å². The van der Waals surface area contributed by atoms with Gasteiger partial charge in [0.2, 0.25) is 0 Å². The quantitative estimate of drug-likeness (QED) is 0.727. The number of hydrogen-bond acceptors (Lipinski definition) is 2. The van der Waals surface area contributed by atoms with E-state index in [1.807, 2.05) is 0 Å². The summed E-state index contributed by atoms with van der Waals surface area (Å²) in [6.45, 7) is 5.39. The fourth-order valence-corrected chi connectivity index (χ4v) is 1.53. The highest BCUT2D eigenvalue weighted by molar-refractivity contribution is 5.21. The van der Waals surface area contributed by atoms with E-state index in [1.165, 1.54) is 11.1 Å². The van der Waals surface area contributed by atoms with Crippen LogP contribution in [0, 0.1) is 12.8 Å².